The molecular formula is C12H15NO. The second kappa shape index (κ2) is 3.37. The Balaban J connectivity index is 2.66. The van der Waals surface area contributed by atoms with Crippen molar-refractivity contribution < 1.29 is 4.74 Å². The summed E-state index contributed by atoms with van der Waals surface area (Å²) in [4.78, 5) is 3.21. The summed E-state index contributed by atoms with van der Waals surface area (Å²) >= 11 is 0. The standard InChI is InChI=1S/C12H15NO/c1-8(2)10-7-11-9(4-5-13-11)6-12(10)14-3/h4-8,13H,1-3H3. The number of rotatable bonds is 2. The lowest BCUT2D eigenvalue weighted by Crippen LogP contribution is -1.93. The van der Waals surface area contributed by atoms with Gasteiger partial charge in [-0.05, 0) is 29.7 Å². The summed E-state index contributed by atoms with van der Waals surface area (Å²) in [5, 5.41) is 1.20. The molecule has 14 heavy (non-hydrogen) atoms. The van der Waals surface area contributed by atoms with Gasteiger partial charge in [-0.15, -0.1) is 0 Å². The van der Waals surface area contributed by atoms with E-state index in [1.54, 1.807) is 7.11 Å². The molecule has 74 valence electrons. The van der Waals surface area contributed by atoms with Crippen LogP contribution in [-0.4, -0.2) is 12.1 Å². The van der Waals surface area contributed by atoms with Gasteiger partial charge in [-0.25, -0.2) is 0 Å². The van der Waals surface area contributed by atoms with Crippen molar-refractivity contribution in [2.45, 2.75) is 19.8 Å². The number of nitrogens with one attached hydrogen (secondary N) is 1. The molecule has 1 N–H and O–H groups in total. The number of hydrogen-bond acceptors (Lipinski definition) is 1. The third-order valence-electron chi connectivity index (χ3n) is 2.53. The third kappa shape index (κ3) is 1.37. The first-order valence-electron chi connectivity index (χ1n) is 4.87. The molecule has 2 aromatic rings. The van der Waals surface area contributed by atoms with Crippen molar-refractivity contribution >= 4 is 10.9 Å². The summed E-state index contributed by atoms with van der Waals surface area (Å²) < 4.78 is 5.37. The van der Waals surface area contributed by atoms with Gasteiger partial charge in [0.05, 0.1) is 7.11 Å². The highest BCUT2D eigenvalue weighted by Crippen LogP contribution is 2.30. The number of methoxy groups -OCH3 is 1. The predicted octanol–water partition coefficient (Wildman–Crippen LogP) is 3.30. The zero-order chi connectivity index (χ0) is 10.1. The minimum absolute atomic E-state index is 0.484. The summed E-state index contributed by atoms with van der Waals surface area (Å²) in [6.07, 6.45) is 1.95. The van der Waals surface area contributed by atoms with Gasteiger partial charge in [0.15, 0.2) is 0 Å². The van der Waals surface area contributed by atoms with Crippen LogP contribution in [0.3, 0.4) is 0 Å². The lowest BCUT2D eigenvalue weighted by molar-refractivity contribution is 0.408. The predicted molar refractivity (Wildman–Crippen MR) is 58.9 cm³/mol. The second-order valence-corrected chi connectivity index (χ2v) is 3.81. The monoisotopic (exact) mass is 189 g/mol. The van der Waals surface area contributed by atoms with Crippen LogP contribution in [0, 0.1) is 0 Å². The lowest BCUT2D eigenvalue weighted by atomic mass is 10.0. The topological polar surface area (TPSA) is 25.0 Å². The first-order chi connectivity index (χ1) is 6.72. The molecule has 0 unspecified atom stereocenters. The van der Waals surface area contributed by atoms with Crippen LogP contribution >= 0.6 is 0 Å². The normalized spacial score (nSPS) is 11.1. The molecule has 2 nitrogen and oxygen atoms in total. The Bertz CT molecular complexity index is 443. The molecule has 2 heteroatoms. The fourth-order valence-electron chi connectivity index (χ4n) is 1.72. The van der Waals surface area contributed by atoms with Crippen molar-refractivity contribution in [3.8, 4) is 5.75 Å². The van der Waals surface area contributed by atoms with Gasteiger partial charge in [0.2, 0.25) is 0 Å². The maximum absolute atomic E-state index is 5.37. The van der Waals surface area contributed by atoms with Crippen LogP contribution in [0.25, 0.3) is 10.9 Å². The molecular weight excluding hydrogens is 174 g/mol. The second-order valence-electron chi connectivity index (χ2n) is 3.81. The number of aromatic amines is 1. The fraction of sp³-hybridized carbons (Fsp3) is 0.333. The SMILES string of the molecule is COc1cc2cc[nH]c2cc1C(C)C. The quantitative estimate of drug-likeness (QED) is 0.770. The molecule has 0 saturated heterocycles. The highest BCUT2D eigenvalue weighted by molar-refractivity contribution is 5.82. The highest BCUT2D eigenvalue weighted by atomic mass is 16.5. The van der Waals surface area contributed by atoms with E-state index in [0.717, 1.165) is 5.75 Å². The van der Waals surface area contributed by atoms with Crippen molar-refractivity contribution in [2.75, 3.05) is 7.11 Å². The Morgan fingerprint density at radius 2 is 2.07 bits per heavy atom. The van der Waals surface area contributed by atoms with Crippen LogP contribution in [0.15, 0.2) is 24.4 Å². The summed E-state index contributed by atoms with van der Waals surface area (Å²) in [6.45, 7) is 4.35. The number of benzene rings is 1. The average Bonchev–Trinajstić information content (AvgIpc) is 2.62. The maximum Gasteiger partial charge on any atom is 0.123 e. The zero-order valence-electron chi connectivity index (χ0n) is 8.79. The first-order valence-corrected chi connectivity index (χ1v) is 4.87. The van der Waals surface area contributed by atoms with Crippen LogP contribution in [0.2, 0.25) is 0 Å². The van der Waals surface area contributed by atoms with Crippen molar-refractivity contribution in [1.29, 1.82) is 0 Å². The molecule has 1 aromatic heterocycles. The molecule has 0 spiro atoms. The molecule has 0 saturated carbocycles. The summed E-state index contributed by atoms with van der Waals surface area (Å²) in [7, 11) is 1.72. The van der Waals surface area contributed by atoms with Crippen molar-refractivity contribution in [2.24, 2.45) is 0 Å². The van der Waals surface area contributed by atoms with Gasteiger partial charge >= 0.3 is 0 Å². The molecule has 1 aromatic carbocycles. The van der Waals surface area contributed by atoms with E-state index in [0.29, 0.717) is 5.92 Å². The van der Waals surface area contributed by atoms with Crippen LogP contribution in [0.4, 0.5) is 0 Å². The molecule has 0 atom stereocenters. The lowest BCUT2D eigenvalue weighted by Gasteiger charge is -2.11. The summed E-state index contributed by atoms with van der Waals surface area (Å²) in [5.41, 5.74) is 2.43. The van der Waals surface area contributed by atoms with E-state index in [9.17, 15) is 0 Å². The minimum Gasteiger partial charge on any atom is -0.496 e. The van der Waals surface area contributed by atoms with Gasteiger partial charge in [0, 0.05) is 17.1 Å². The van der Waals surface area contributed by atoms with Crippen molar-refractivity contribution in [3.63, 3.8) is 0 Å². The van der Waals surface area contributed by atoms with Crippen LogP contribution < -0.4 is 4.74 Å². The Hall–Kier alpha value is -1.44. The Labute approximate surface area is 83.9 Å². The van der Waals surface area contributed by atoms with Gasteiger partial charge in [-0.2, -0.15) is 0 Å². The molecule has 0 amide bonds. The van der Waals surface area contributed by atoms with Crippen LogP contribution in [0.5, 0.6) is 5.75 Å². The maximum atomic E-state index is 5.37. The molecule has 1 heterocycles. The van der Waals surface area contributed by atoms with E-state index in [2.05, 4.69) is 37.0 Å². The smallest absolute Gasteiger partial charge is 0.123 e. The average molecular weight is 189 g/mol. The molecule has 0 aliphatic carbocycles. The van der Waals surface area contributed by atoms with Gasteiger partial charge in [0.1, 0.15) is 5.75 Å². The molecule has 0 bridgehead atoms. The molecule has 0 radical (unpaired) electrons. The van der Waals surface area contributed by atoms with Gasteiger partial charge < -0.3 is 9.72 Å². The van der Waals surface area contributed by atoms with E-state index in [-0.39, 0.29) is 0 Å². The molecule has 2 rings (SSSR count). The van der Waals surface area contributed by atoms with E-state index in [1.165, 1.54) is 16.5 Å². The third-order valence-corrected chi connectivity index (χ3v) is 2.53. The number of ether oxygens (including phenoxy) is 1. The molecule has 0 aliphatic rings. The van der Waals surface area contributed by atoms with E-state index in [4.69, 9.17) is 4.74 Å². The number of aromatic nitrogens is 1. The van der Waals surface area contributed by atoms with E-state index >= 15 is 0 Å². The number of hydrogen-bond donors (Lipinski definition) is 1. The highest BCUT2D eigenvalue weighted by Gasteiger charge is 2.08. The van der Waals surface area contributed by atoms with Gasteiger partial charge in [0.25, 0.3) is 0 Å². The Morgan fingerprint density at radius 1 is 1.29 bits per heavy atom. The first kappa shape index (κ1) is 9.13. The van der Waals surface area contributed by atoms with Gasteiger partial charge in [-0.3, -0.25) is 0 Å². The zero-order valence-corrected chi connectivity index (χ0v) is 8.79. The van der Waals surface area contributed by atoms with Gasteiger partial charge in [-0.1, -0.05) is 13.8 Å². The largest absolute Gasteiger partial charge is 0.496 e. The summed E-state index contributed by atoms with van der Waals surface area (Å²) in [5.74, 6) is 1.46. The van der Waals surface area contributed by atoms with E-state index < -0.39 is 0 Å². The number of fused-ring (bicyclic) bond motifs is 1. The van der Waals surface area contributed by atoms with Crippen molar-refractivity contribution in [3.05, 3.63) is 30.0 Å². The van der Waals surface area contributed by atoms with Crippen LogP contribution in [-0.2, 0) is 0 Å². The van der Waals surface area contributed by atoms with E-state index in [1.807, 2.05) is 6.20 Å². The Morgan fingerprint density at radius 3 is 2.71 bits per heavy atom. The summed E-state index contributed by atoms with van der Waals surface area (Å²) in [6, 6.07) is 6.31. The Kier molecular flexibility index (Phi) is 2.20. The molecule has 0 aliphatic heterocycles. The van der Waals surface area contributed by atoms with Crippen LogP contribution in [0.1, 0.15) is 25.3 Å². The minimum atomic E-state index is 0.484. The van der Waals surface area contributed by atoms with Crippen molar-refractivity contribution in [1.82, 2.24) is 4.98 Å². The molecule has 0 fully saturated rings. The number of H-pyrrole nitrogens is 1. The fourth-order valence-corrected chi connectivity index (χ4v) is 1.72.